The van der Waals surface area contributed by atoms with Crippen LogP contribution in [0.2, 0.25) is 0 Å². The monoisotopic (exact) mass is 401 g/mol. The molecular formula is C25H27N3O2. The number of aromatic nitrogens is 1. The van der Waals surface area contributed by atoms with Crippen molar-refractivity contribution in [3.05, 3.63) is 66.4 Å². The van der Waals surface area contributed by atoms with Gasteiger partial charge in [-0.05, 0) is 41.7 Å². The van der Waals surface area contributed by atoms with E-state index in [1.165, 1.54) is 0 Å². The van der Waals surface area contributed by atoms with Crippen molar-refractivity contribution in [2.75, 3.05) is 20.2 Å². The van der Waals surface area contributed by atoms with Crippen LogP contribution in [0.25, 0.3) is 22.0 Å². The number of rotatable bonds is 5. The summed E-state index contributed by atoms with van der Waals surface area (Å²) in [6, 6.07) is 18.9. The zero-order chi connectivity index (χ0) is 20.9. The van der Waals surface area contributed by atoms with E-state index in [9.17, 15) is 4.79 Å². The molecule has 0 atom stereocenters. The third kappa shape index (κ3) is 4.20. The molecule has 1 aliphatic rings. The lowest BCUT2D eigenvalue weighted by molar-refractivity contribution is -0.131. The van der Waals surface area contributed by atoms with Crippen molar-refractivity contribution in [1.82, 2.24) is 9.88 Å². The smallest absolute Gasteiger partial charge is 0.222 e. The standard InChI is InChI=1S/C25H27N3O2/c1-3-24(29)28-15-12-21(13-16-28)25(27-30-2)20-9-6-18(7-10-20)22-11-8-19-5-4-14-26-23(19)17-22/h4-11,14,17,21H,3,12-13,15-16H2,1-2H3/b27-25+. The van der Waals surface area contributed by atoms with Crippen molar-refractivity contribution in [2.24, 2.45) is 11.1 Å². The van der Waals surface area contributed by atoms with E-state index in [0.717, 1.165) is 59.2 Å². The zero-order valence-corrected chi connectivity index (χ0v) is 17.5. The average molecular weight is 402 g/mol. The SMILES string of the molecule is CCC(=O)N1CCC(/C(=N/OC)c2ccc(-c3ccc4cccnc4c3)cc2)CC1. The first-order valence-corrected chi connectivity index (χ1v) is 10.5. The van der Waals surface area contributed by atoms with E-state index in [-0.39, 0.29) is 5.91 Å². The Morgan fingerprint density at radius 3 is 2.53 bits per heavy atom. The topological polar surface area (TPSA) is 54.8 Å². The second kappa shape index (κ2) is 9.08. The van der Waals surface area contributed by atoms with E-state index < -0.39 is 0 Å². The van der Waals surface area contributed by atoms with Gasteiger partial charge in [-0.3, -0.25) is 9.78 Å². The predicted molar refractivity (Wildman–Crippen MR) is 120 cm³/mol. The van der Waals surface area contributed by atoms with Gasteiger partial charge in [-0.15, -0.1) is 0 Å². The van der Waals surface area contributed by atoms with Gasteiger partial charge in [0, 0.05) is 37.0 Å². The minimum atomic E-state index is 0.230. The Morgan fingerprint density at radius 1 is 1.10 bits per heavy atom. The lowest BCUT2D eigenvalue weighted by Crippen LogP contribution is -2.40. The van der Waals surface area contributed by atoms with Crippen LogP contribution in [-0.2, 0) is 9.63 Å². The molecule has 0 saturated carbocycles. The van der Waals surface area contributed by atoms with E-state index in [2.05, 4.69) is 58.7 Å². The molecule has 0 unspecified atom stereocenters. The van der Waals surface area contributed by atoms with Gasteiger partial charge >= 0.3 is 0 Å². The number of hydrogen-bond donors (Lipinski definition) is 0. The molecule has 1 amide bonds. The fourth-order valence-electron chi connectivity index (χ4n) is 4.17. The summed E-state index contributed by atoms with van der Waals surface area (Å²) in [7, 11) is 1.59. The van der Waals surface area contributed by atoms with Crippen LogP contribution in [0.1, 0.15) is 31.7 Å². The van der Waals surface area contributed by atoms with Gasteiger partial charge in [-0.25, -0.2) is 0 Å². The molecule has 2 heterocycles. The van der Waals surface area contributed by atoms with E-state index in [4.69, 9.17) is 4.84 Å². The van der Waals surface area contributed by atoms with Gasteiger partial charge < -0.3 is 9.74 Å². The van der Waals surface area contributed by atoms with Crippen LogP contribution in [0.3, 0.4) is 0 Å². The second-order valence-electron chi connectivity index (χ2n) is 7.66. The summed E-state index contributed by atoms with van der Waals surface area (Å²) in [5.41, 5.74) is 5.32. The highest BCUT2D eigenvalue weighted by molar-refractivity contribution is 6.02. The van der Waals surface area contributed by atoms with Gasteiger partial charge in [0.15, 0.2) is 0 Å². The lowest BCUT2D eigenvalue weighted by atomic mass is 9.87. The Morgan fingerprint density at radius 2 is 1.83 bits per heavy atom. The number of carbonyl (C=O) groups is 1. The van der Waals surface area contributed by atoms with Gasteiger partial charge in [0.25, 0.3) is 0 Å². The molecule has 1 saturated heterocycles. The molecule has 0 N–H and O–H groups in total. The summed E-state index contributed by atoms with van der Waals surface area (Å²) >= 11 is 0. The summed E-state index contributed by atoms with van der Waals surface area (Å²) < 4.78 is 0. The van der Waals surface area contributed by atoms with Gasteiger partial charge in [0.2, 0.25) is 5.91 Å². The summed E-state index contributed by atoms with van der Waals surface area (Å²) in [5, 5.41) is 5.49. The fraction of sp³-hybridized carbons (Fsp3) is 0.320. The van der Waals surface area contributed by atoms with Gasteiger partial charge in [0.05, 0.1) is 11.2 Å². The molecule has 4 rings (SSSR count). The number of nitrogens with zero attached hydrogens (tertiary/aromatic N) is 3. The van der Waals surface area contributed by atoms with E-state index in [1.54, 1.807) is 7.11 Å². The molecule has 30 heavy (non-hydrogen) atoms. The highest BCUT2D eigenvalue weighted by Crippen LogP contribution is 2.27. The first-order valence-electron chi connectivity index (χ1n) is 10.5. The largest absolute Gasteiger partial charge is 0.399 e. The molecule has 5 nitrogen and oxygen atoms in total. The number of fused-ring (bicyclic) bond motifs is 1. The van der Waals surface area contributed by atoms with Crippen molar-refractivity contribution in [3.8, 4) is 11.1 Å². The van der Waals surface area contributed by atoms with Crippen LogP contribution in [-0.4, -0.2) is 41.7 Å². The van der Waals surface area contributed by atoms with Crippen molar-refractivity contribution in [3.63, 3.8) is 0 Å². The Balaban J connectivity index is 1.53. The lowest BCUT2D eigenvalue weighted by Gasteiger charge is -2.32. The molecule has 154 valence electrons. The highest BCUT2D eigenvalue weighted by Gasteiger charge is 2.26. The molecule has 5 heteroatoms. The van der Waals surface area contributed by atoms with Crippen LogP contribution in [0.15, 0.2) is 65.9 Å². The van der Waals surface area contributed by atoms with E-state index in [0.29, 0.717) is 12.3 Å². The molecule has 1 aromatic heterocycles. The second-order valence-corrected chi connectivity index (χ2v) is 7.66. The molecule has 3 aromatic rings. The summed E-state index contributed by atoms with van der Waals surface area (Å²) in [5.74, 6) is 0.523. The average Bonchev–Trinajstić information content (AvgIpc) is 2.82. The van der Waals surface area contributed by atoms with Crippen molar-refractivity contribution < 1.29 is 9.63 Å². The maximum atomic E-state index is 12.0. The third-order valence-corrected chi connectivity index (χ3v) is 5.85. The first kappa shape index (κ1) is 20.1. The summed E-state index contributed by atoms with van der Waals surface area (Å²) in [4.78, 5) is 23.5. The minimum absolute atomic E-state index is 0.230. The normalized spacial score (nSPS) is 15.4. The fourth-order valence-corrected chi connectivity index (χ4v) is 4.17. The van der Waals surface area contributed by atoms with Crippen molar-refractivity contribution in [1.29, 1.82) is 0 Å². The number of pyridine rings is 1. The van der Waals surface area contributed by atoms with E-state index in [1.807, 2.05) is 24.1 Å². The highest BCUT2D eigenvalue weighted by atomic mass is 16.6. The van der Waals surface area contributed by atoms with Crippen LogP contribution in [0.4, 0.5) is 0 Å². The Labute approximate surface area is 177 Å². The Kier molecular flexibility index (Phi) is 6.07. The molecule has 0 spiro atoms. The van der Waals surface area contributed by atoms with Crippen molar-refractivity contribution >= 4 is 22.5 Å². The maximum Gasteiger partial charge on any atom is 0.222 e. The number of oxime groups is 1. The third-order valence-electron chi connectivity index (χ3n) is 5.85. The number of carbonyl (C=O) groups excluding carboxylic acids is 1. The van der Waals surface area contributed by atoms with Gasteiger partial charge in [0.1, 0.15) is 7.11 Å². The summed E-state index contributed by atoms with van der Waals surface area (Å²) in [6.07, 6.45) is 4.20. The van der Waals surface area contributed by atoms with Gasteiger partial charge in [-0.2, -0.15) is 0 Å². The first-order chi connectivity index (χ1) is 14.7. The number of likely N-dealkylation sites (tertiary alicyclic amines) is 1. The molecular weight excluding hydrogens is 374 g/mol. The maximum absolute atomic E-state index is 12.0. The minimum Gasteiger partial charge on any atom is -0.399 e. The molecule has 2 aromatic carbocycles. The number of benzene rings is 2. The molecule has 0 radical (unpaired) electrons. The number of hydrogen-bond acceptors (Lipinski definition) is 4. The number of amides is 1. The molecule has 0 aliphatic carbocycles. The van der Waals surface area contributed by atoms with Gasteiger partial charge in [-0.1, -0.05) is 54.5 Å². The predicted octanol–water partition coefficient (Wildman–Crippen LogP) is 4.90. The van der Waals surface area contributed by atoms with Crippen LogP contribution in [0, 0.1) is 5.92 Å². The number of piperidine rings is 1. The van der Waals surface area contributed by atoms with Crippen molar-refractivity contribution in [2.45, 2.75) is 26.2 Å². The molecule has 1 aliphatic heterocycles. The Bertz CT molecular complexity index is 1050. The van der Waals surface area contributed by atoms with Crippen LogP contribution >= 0.6 is 0 Å². The zero-order valence-electron chi connectivity index (χ0n) is 17.5. The molecule has 1 fully saturated rings. The van der Waals surface area contributed by atoms with Crippen LogP contribution in [0.5, 0.6) is 0 Å². The van der Waals surface area contributed by atoms with E-state index >= 15 is 0 Å². The quantitative estimate of drug-likeness (QED) is 0.451. The molecule has 0 bridgehead atoms. The Hall–Kier alpha value is -3.21. The summed E-state index contributed by atoms with van der Waals surface area (Å²) in [6.45, 7) is 3.48. The van der Waals surface area contributed by atoms with Crippen LogP contribution < -0.4 is 0 Å².